The Morgan fingerprint density at radius 1 is 1.14 bits per heavy atom. The molecule has 1 amide bonds. The van der Waals surface area contributed by atoms with E-state index in [-0.39, 0.29) is 17.1 Å². The fraction of sp³-hybridized carbons (Fsp3) is 0.875. The Labute approximate surface area is 127 Å². The number of carbonyl (C=O) groups excluding carboxylic acids is 1. The van der Waals surface area contributed by atoms with Gasteiger partial charge in [0.25, 0.3) is 0 Å². The highest BCUT2D eigenvalue weighted by Gasteiger charge is 2.36. The Bertz CT molecular complexity index is 392. The quantitative estimate of drug-likeness (QED) is 0.606. The summed E-state index contributed by atoms with van der Waals surface area (Å²) in [5, 5.41) is 10.6. The molecule has 1 saturated carbocycles. The highest BCUT2D eigenvalue weighted by molar-refractivity contribution is 5.87. The van der Waals surface area contributed by atoms with E-state index in [9.17, 15) is 4.79 Å². The molecule has 120 valence electrons. The minimum absolute atomic E-state index is 0.0240. The number of rotatable bonds is 2. The zero-order valence-corrected chi connectivity index (χ0v) is 13.8. The highest BCUT2D eigenvalue weighted by Crippen LogP contribution is 2.26. The van der Waals surface area contributed by atoms with Crippen molar-refractivity contribution in [3.63, 3.8) is 0 Å². The number of oxime groups is 1. The van der Waals surface area contributed by atoms with E-state index >= 15 is 0 Å². The lowest BCUT2D eigenvalue weighted by atomic mass is 9.81. The summed E-state index contributed by atoms with van der Waals surface area (Å²) in [6.07, 6.45) is 6.93. The lowest BCUT2D eigenvalue weighted by Gasteiger charge is -2.42. The summed E-state index contributed by atoms with van der Waals surface area (Å²) in [6.45, 7) is 8.58. The topological polar surface area (TPSA) is 62.7 Å². The molecule has 0 radical (unpaired) electrons. The largest absolute Gasteiger partial charge is 0.433 e. The van der Waals surface area contributed by atoms with Gasteiger partial charge in [-0.05, 0) is 40.5 Å². The summed E-state index contributed by atoms with van der Waals surface area (Å²) in [5.74, 6) is 0. The van der Waals surface area contributed by atoms with Crippen LogP contribution in [0, 0.1) is 0 Å². The maximum Gasteiger partial charge on any atom is 0.433 e. The fourth-order valence-electron chi connectivity index (χ4n) is 3.70. The van der Waals surface area contributed by atoms with Gasteiger partial charge in [-0.3, -0.25) is 4.84 Å². The number of piperidine rings is 1. The van der Waals surface area contributed by atoms with E-state index in [2.05, 4.69) is 43.5 Å². The van der Waals surface area contributed by atoms with Crippen molar-refractivity contribution in [2.75, 3.05) is 0 Å². The molecule has 0 aromatic carbocycles. The molecule has 0 spiro atoms. The first-order valence-corrected chi connectivity index (χ1v) is 8.08. The van der Waals surface area contributed by atoms with Crippen LogP contribution < -0.4 is 10.6 Å². The Morgan fingerprint density at radius 3 is 2.29 bits per heavy atom. The van der Waals surface area contributed by atoms with E-state index in [0.29, 0.717) is 0 Å². The molecule has 1 saturated heterocycles. The van der Waals surface area contributed by atoms with Gasteiger partial charge in [0, 0.05) is 30.0 Å². The molecule has 21 heavy (non-hydrogen) atoms. The lowest BCUT2D eigenvalue weighted by Crippen LogP contribution is -2.58. The van der Waals surface area contributed by atoms with Crippen molar-refractivity contribution >= 4 is 11.8 Å². The van der Waals surface area contributed by atoms with Gasteiger partial charge in [0.15, 0.2) is 0 Å². The Balaban J connectivity index is 1.86. The first kappa shape index (κ1) is 16.3. The van der Waals surface area contributed by atoms with Crippen LogP contribution in [0.5, 0.6) is 0 Å². The molecule has 5 heteroatoms. The second kappa shape index (κ2) is 6.34. The predicted octanol–water partition coefficient (Wildman–Crippen LogP) is 3.34. The third-order valence-electron chi connectivity index (χ3n) is 4.15. The summed E-state index contributed by atoms with van der Waals surface area (Å²) < 4.78 is 0. The summed E-state index contributed by atoms with van der Waals surface area (Å²) in [7, 11) is 0. The van der Waals surface area contributed by atoms with E-state index in [1.807, 2.05) is 0 Å². The van der Waals surface area contributed by atoms with Crippen LogP contribution in [-0.2, 0) is 4.84 Å². The smallest absolute Gasteiger partial charge is 0.317 e. The van der Waals surface area contributed by atoms with Gasteiger partial charge >= 0.3 is 6.09 Å². The molecule has 0 bridgehead atoms. The molecule has 2 fully saturated rings. The molecule has 0 atom stereocenters. The van der Waals surface area contributed by atoms with Gasteiger partial charge in [0.2, 0.25) is 0 Å². The fourth-order valence-corrected chi connectivity index (χ4v) is 3.70. The van der Waals surface area contributed by atoms with Crippen molar-refractivity contribution in [1.82, 2.24) is 10.6 Å². The molecule has 0 aromatic rings. The normalized spacial score (nSPS) is 25.2. The van der Waals surface area contributed by atoms with Crippen LogP contribution in [0.4, 0.5) is 4.79 Å². The molecule has 2 aliphatic rings. The molecule has 1 heterocycles. The maximum absolute atomic E-state index is 11.8. The predicted molar refractivity (Wildman–Crippen MR) is 84.5 cm³/mol. The number of nitrogens with zero attached hydrogens (tertiary/aromatic N) is 1. The van der Waals surface area contributed by atoms with Crippen molar-refractivity contribution in [3.8, 4) is 0 Å². The minimum Gasteiger partial charge on any atom is -0.317 e. The van der Waals surface area contributed by atoms with Crippen molar-refractivity contribution < 1.29 is 9.63 Å². The van der Waals surface area contributed by atoms with Gasteiger partial charge in [-0.25, -0.2) is 4.79 Å². The zero-order chi connectivity index (χ0) is 15.5. The first-order valence-electron chi connectivity index (χ1n) is 8.08. The number of hydrogen-bond acceptors (Lipinski definition) is 4. The second-order valence-corrected chi connectivity index (χ2v) is 7.76. The molecule has 1 aliphatic carbocycles. The average Bonchev–Trinajstić information content (AvgIpc) is 2.34. The maximum atomic E-state index is 11.8. The molecule has 5 nitrogen and oxygen atoms in total. The van der Waals surface area contributed by atoms with E-state index < -0.39 is 6.09 Å². The van der Waals surface area contributed by atoms with Crippen molar-refractivity contribution in [2.24, 2.45) is 5.16 Å². The third kappa shape index (κ3) is 5.30. The summed E-state index contributed by atoms with van der Waals surface area (Å²) in [6, 6.07) is 0.257. The van der Waals surface area contributed by atoms with Gasteiger partial charge in [-0.15, -0.1) is 0 Å². The van der Waals surface area contributed by atoms with Gasteiger partial charge in [-0.2, -0.15) is 0 Å². The van der Waals surface area contributed by atoms with Gasteiger partial charge in [-0.1, -0.05) is 24.4 Å². The molecule has 2 N–H and O–H groups in total. The molecule has 1 aliphatic heterocycles. The molecule has 2 rings (SSSR count). The van der Waals surface area contributed by atoms with Crippen LogP contribution in [0.1, 0.15) is 72.6 Å². The SMILES string of the molecule is CC1(C)CC(=NOC(=O)NC2CCCCC2)CC(C)(C)N1. The van der Waals surface area contributed by atoms with Gasteiger partial charge < -0.3 is 10.6 Å². The monoisotopic (exact) mass is 295 g/mol. The standard InChI is InChI=1S/C16H29N3O2/c1-15(2)10-13(11-16(3,4)19-15)18-21-14(20)17-12-8-6-5-7-9-12/h12,19H,5-11H2,1-4H3,(H,17,20). The third-order valence-corrected chi connectivity index (χ3v) is 4.15. The van der Waals surface area contributed by atoms with Crippen LogP contribution in [0.2, 0.25) is 0 Å². The summed E-state index contributed by atoms with van der Waals surface area (Å²) >= 11 is 0. The Kier molecular flexibility index (Phi) is 4.91. The Hall–Kier alpha value is -1.10. The van der Waals surface area contributed by atoms with Crippen molar-refractivity contribution in [2.45, 2.75) is 89.8 Å². The number of amides is 1. The van der Waals surface area contributed by atoms with E-state index in [1.165, 1.54) is 19.3 Å². The number of nitrogens with one attached hydrogen (secondary N) is 2. The van der Waals surface area contributed by atoms with Crippen molar-refractivity contribution in [3.05, 3.63) is 0 Å². The molecular weight excluding hydrogens is 266 g/mol. The van der Waals surface area contributed by atoms with Crippen LogP contribution in [0.3, 0.4) is 0 Å². The molecule has 0 aromatic heterocycles. The summed E-state index contributed by atoms with van der Waals surface area (Å²) in [5.41, 5.74) is 0.899. The summed E-state index contributed by atoms with van der Waals surface area (Å²) in [4.78, 5) is 16.9. The lowest BCUT2D eigenvalue weighted by molar-refractivity contribution is 0.140. The second-order valence-electron chi connectivity index (χ2n) is 7.76. The van der Waals surface area contributed by atoms with Gasteiger partial charge in [0.1, 0.15) is 0 Å². The van der Waals surface area contributed by atoms with Crippen LogP contribution in [-0.4, -0.2) is 28.9 Å². The zero-order valence-electron chi connectivity index (χ0n) is 13.8. The van der Waals surface area contributed by atoms with Crippen LogP contribution in [0.25, 0.3) is 0 Å². The number of hydrogen-bond donors (Lipinski definition) is 2. The first-order chi connectivity index (χ1) is 9.76. The van der Waals surface area contributed by atoms with Gasteiger partial charge in [0.05, 0.1) is 5.71 Å². The van der Waals surface area contributed by atoms with E-state index in [1.54, 1.807) is 0 Å². The minimum atomic E-state index is -0.413. The highest BCUT2D eigenvalue weighted by atomic mass is 16.7. The number of carbonyl (C=O) groups is 1. The van der Waals surface area contributed by atoms with Crippen molar-refractivity contribution in [1.29, 1.82) is 0 Å². The molecule has 0 unspecified atom stereocenters. The van der Waals surface area contributed by atoms with Crippen LogP contribution in [0.15, 0.2) is 5.16 Å². The average molecular weight is 295 g/mol. The van der Waals surface area contributed by atoms with E-state index in [4.69, 9.17) is 4.84 Å². The molecular formula is C16H29N3O2. The van der Waals surface area contributed by atoms with Crippen LogP contribution >= 0.6 is 0 Å². The Morgan fingerprint density at radius 2 is 1.71 bits per heavy atom. The van der Waals surface area contributed by atoms with E-state index in [0.717, 1.165) is 31.4 Å².